The molecule has 1 aromatic heterocycles. The molecule has 2 saturated carbocycles. The Labute approximate surface area is 126 Å². The second-order valence-corrected chi connectivity index (χ2v) is 7.66. The Balaban J connectivity index is 1.60. The van der Waals surface area contributed by atoms with E-state index < -0.39 is 0 Å². The van der Waals surface area contributed by atoms with Gasteiger partial charge in [-0.3, -0.25) is 0 Å². The molecule has 112 valence electrons. The fourth-order valence-corrected chi connectivity index (χ4v) is 5.01. The highest BCUT2D eigenvalue weighted by Gasteiger charge is 2.39. The Morgan fingerprint density at radius 2 is 2.20 bits per heavy atom. The van der Waals surface area contributed by atoms with Crippen LogP contribution in [0.25, 0.3) is 0 Å². The Hall–Kier alpha value is -0.610. The Bertz CT molecular complexity index is 457. The van der Waals surface area contributed by atoms with E-state index in [9.17, 15) is 0 Å². The van der Waals surface area contributed by atoms with Crippen molar-refractivity contribution < 1.29 is 0 Å². The summed E-state index contributed by atoms with van der Waals surface area (Å²) in [5.41, 5.74) is 1.20. The van der Waals surface area contributed by atoms with Crippen molar-refractivity contribution >= 4 is 16.5 Å². The summed E-state index contributed by atoms with van der Waals surface area (Å²) in [6.07, 6.45) is 5.94. The second-order valence-electron chi connectivity index (χ2n) is 6.60. The minimum Gasteiger partial charge on any atom is -0.351 e. The van der Waals surface area contributed by atoms with Crippen molar-refractivity contribution in [1.29, 1.82) is 0 Å². The normalized spacial score (nSPS) is 28.2. The molecule has 20 heavy (non-hydrogen) atoms. The van der Waals surface area contributed by atoms with Crippen LogP contribution in [-0.4, -0.2) is 25.1 Å². The molecule has 2 fully saturated rings. The average Bonchev–Trinajstić information content (AvgIpc) is 3.12. The van der Waals surface area contributed by atoms with Crippen LogP contribution in [0.1, 0.15) is 43.2 Å². The summed E-state index contributed by atoms with van der Waals surface area (Å²) in [6, 6.07) is 0. The van der Waals surface area contributed by atoms with Gasteiger partial charge in [0, 0.05) is 25.0 Å². The van der Waals surface area contributed by atoms with Gasteiger partial charge in [-0.15, -0.1) is 11.3 Å². The van der Waals surface area contributed by atoms with Crippen LogP contribution in [0.5, 0.6) is 0 Å². The van der Waals surface area contributed by atoms with Crippen LogP contribution in [0.3, 0.4) is 0 Å². The van der Waals surface area contributed by atoms with Crippen molar-refractivity contribution in [2.75, 3.05) is 25.0 Å². The van der Waals surface area contributed by atoms with Crippen LogP contribution in [0.4, 0.5) is 5.13 Å². The predicted octanol–water partition coefficient (Wildman–Crippen LogP) is 3.43. The third-order valence-corrected chi connectivity index (χ3v) is 6.41. The Morgan fingerprint density at radius 3 is 2.85 bits per heavy atom. The molecule has 3 nitrogen and oxygen atoms in total. The number of aromatic nitrogens is 1. The first-order valence-corrected chi connectivity index (χ1v) is 8.87. The smallest absolute Gasteiger partial charge is 0.185 e. The summed E-state index contributed by atoms with van der Waals surface area (Å²) >= 11 is 1.86. The maximum atomic E-state index is 4.77. The molecular formula is C16H27N3S. The lowest BCUT2D eigenvalue weighted by Gasteiger charge is -2.26. The Morgan fingerprint density at radius 1 is 1.35 bits per heavy atom. The molecule has 2 aliphatic rings. The number of anilines is 1. The monoisotopic (exact) mass is 293 g/mol. The van der Waals surface area contributed by atoms with Gasteiger partial charge in [0.15, 0.2) is 5.13 Å². The summed E-state index contributed by atoms with van der Waals surface area (Å²) in [5, 5.41) is 4.61. The molecule has 3 unspecified atom stereocenters. The molecule has 4 heteroatoms. The first-order chi connectivity index (χ1) is 9.67. The van der Waals surface area contributed by atoms with Crippen LogP contribution < -0.4 is 10.2 Å². The minimum absolute atomic E-state index is 0.917. The zero-order chi connectivity index (χ0) is 14.1. The van der Waals surface area contributed by atoms with Gasteiger partial charge in [-0.2, -0.15) is 0 Å². The number of aryl methyl sites for hydroxylation is 1. The van der Waals surface area contributed by atoms with Gasteiger partial charge in [-0.25, -0.2) is 4.98 Å². The minimum atomic E-state index is 0.917. The van der Waals surface area contributed by atoms with Crippen molar-refractivity contribution in [2.24, 2.45) is 17.8 Å². The topological polar surface area (TPSA) is 28.2 Å². The van der Waals surface area contributed by atoms with Crippen LogP contribution in [-0.2, 0) is 6.54 Å². The van der Waals surface area contributed by atoms with E-state index in [-0.39, 0.29) is 0 Å². The summed E-state index contributed by atoms with van der Waals surface area (Å²) in [5.74, 6) is 2.96. The molecule has 0 radical (unpaired) electrons. The summed E-state index contributed by atoms with van der Waals surface area (Å²) in [4.78, 5) is 8.56. The van der Waals surface area contributed by atoms with Crippen LogP contribution >= 0.6 is 11.3 Å². The maximum absolute atomic E-state index is 4.77. The summed E-state index contributed by atoms with van der Waals surface area (Å²) in [7, 11) is 2.22. The lowest BCUT2D eigenvalue weighted by molar-refractivity contribution is 0.337. The first kappa shape index (κ1) is 14.3. The highest BCUT2D eigenvalue weighted by atomic mass is 32.1. The average molecular weight is 293 g/mol. The fraction of sp³-hybridized carbons (Fsp3) is 0.812. The predicted molar refractivity (Wildman–Crippen MR) is 86.4 cm³/mol. The molecule has 1 N–H and O–H groups in total. The van der Waals surface area contributed by atoms with Gasteiger partial charge >= 0.3 is 0 Å². The van der Waals surface area contributed by atoms with Gasteiger partial charge in [-0.1, -0.05) is 13.3 Å². The number of nitrogens with one attached hydrogen (secondary N) is 1. The second kappa shape index (κ2) is 6.02. The molecule has 3 atom stereocenters. The number of hydrogen-bond donors (Lipinski definition) is 1. The van der Waals surface area contributed by atoms with Gasteiger partial charge in [0.05, 0.1) is 5.69 Å². The fourth-order valence-electron chi connectivity index (χ4n) is 4.01. The molecule has 3 rings (SSSR count). The zero-order valence-corrected chi connectivity index (χ0v) is 13.8. The number of rotatable bonds is 6. The van der Waals surface area contributed by atoms with Crippen LogP contribution in [0.15, 0.2) is 0 Å². The van der Waals surface area contributed by atoms with E-state index in [0.29, 0.717) is 0 Å². The molecule has 0 amide bonds. The Kier molecular flexibility index (Phi) is 4.32. The van der Waals surface area contributed by atoms with Crippen molar-refractivity contribution in [1.82, 2.24) is 10.3 Å². The molecule has 0 aliphatic heterocycles. The van der Waals surface area contributed by atoms with Crippen LogP contribution in [0.2, 0.25) is 0 Å². The SMILES string of the molecule is CCNCc1sc(N(C)CC2CC3CCC2C3)nc1C. The van der Waals surface area contributed by atoms with Gasteiger partial charge in [0.25, 0.3) is 0 Å². The summed E-state index contributed by atoms with van der Waals surface area (Å²) < 4.78 is 0. The van der Waals surface area contributed by atoms with E-state index in [1.807, 2.05) is 11.3 Å². The third kappa shape index (κ3) is 2.86. The molecular weight excluding hydrogens is 266 g/mol. The van der Waals surface area contributed by atoms with Gasteiger partial charge in [0.2, 0.25) is 0 Å². The van der Waals surface area contributed by atoms with Crippen molar-refractivity contribution in [3.8, 4) is 0 Å². The molecule has 2 aliphatic carbocycles. The molecule has 2 bridgehead atoms. The van der Waals surface area contributed by atoms with Gasteiger partial charge in [-0.05, 0) is 50.5 Å². The van der Waals surface area contributed by atoms with E-state index in [4.69, 9.17) is 4.98 Å². The molecule has 0 spiro atoms. The van der Waals surface area contributed by atoms with E-state index in [2.05, 4.69) is 31.1 Å². The lowest BCUT2D eigenvalue weighted by atomic mass is 9.88. The van der Waals surface area contributed by atoms with E-state index in [0.717, 1.165) is 30.8 Å². The zero-order valence-electron chi connectivity index (χ0n) is 13.0. The highest BCUT2D eigenvalue weighted by Crippen LogP contribution is 2.48. The molecule has 1 aromatic rings. The van der Waals surface area contributed by atoms with E-state index >= 15 is 0 Å². The number of fused-ring (bicyclic) bond motifs is 2. The van der Waals surface area contributed by atoms with E-state index in [1.54, 1.807) is 0 Å². The van der Waals surface area contributed by atoms with Crippen molar-refractivity contribution in [2.45, 2.75) is 46.1 Å². The maximum Gasteiger partial charge on any atom is 0.185 e. The largest absolute Gasteiger partial charge is 0.351 e. The van der Waals surface area contributed by atoms with Crippen LogP contribution in [0, 0.1) is 24.7 Å². The van der Waals surface area contributed by atoms with Crippen molar-refractivity contribution in [3.05, 3.63) is 10.6 Å². The number of thiazole rings is 1. The third-order valence-electron chi connectivity index (χ3n) is 5.14. The number of hydrogen-bond acceptors (Lipinski definition) is 4. The summed E-state index contributed by atoms with van der Waals surface area (Å²) in [6.45, 7) is 7.47. The van der Waals surface area contributed by atoms with Gasteiger partial charge in [0.1, 0.15) is 0 Å². The lowest BCUT2D eigenvalue weighted by Crippen LogP contribution is -2.28. The quantitative estimate of drug-likeness (QED) is 0.871. The molecule has 0 aromatic carbocycles. The van der Waals surface area contributed by atoms with Gasteiger partial charge < -0.3 is 10.2 Å². The highest BCUT2D eigenvalue weighted by molar-refractivity contribution is 7.15. The van der Waals surface area contributed by atoms with E-state index in [1.165, 1.54) is 47.9 Å². The molecule has 0 saturated heterocycles. The first-order valence-electron chi connectivity index (χ1n) is 8.05. The number of nitrogens with zero attached hydrogens (tertiary/aromatic N) is 2. The standard InChI is InChI=1S/C16H27N3S/c1-4-17-9-15-11(2)18-16(20-15)19(3)10-14-8-12-5-6-13(14)7-12/h12-14,17H,4-10H2,1-3H3. The molecule has 1 heterocycles. The van der Waals surface area contributed by atoms with Crippen molar-refractivity contribution in [3.63, 3.8) is 0 Å².